The molecule has 1 N–H and O–H groups in total. The van der Waals surface area contributed by atoms with Gasteiger partial charge in [0, 0.05) is 4.47 Å². The summed E-state index contributed by atoms with van der Waals surface area (Å²) in [6, 6.07) is 13.5. The summed E-state index contributed by atoms with van der Waals surface area (Å²) in [4.78, 5) is 24.5. The van der Waals surface area contributed by atoms with E-state index in [0.717, 1.165) is 18.4 Å². The molecule has 26 heavy (non-hydrogen) atoms. The molecule has 0 aliphatic rings. The first-order valence-corrected chi connectivity index (χ1v) is 9.23. The van der Waals surface area contributed by atoms with Gasteiger partial charge in [-0.2, -0.15) is 0 Å². The Bertz CT molecular complexity index is 767. The lowest BCUT2D eigenvalue weighted by molar-refractivity contribution is -0.129. The zero-order chi connectivity index (χ0) is 19.1. The first-order valence-electron chi connectivity index (χ1n) is 8.43. The number of halogens is 2. The van der Waals surface area contributed by atoms with E-state index in [4.69, 9.17) is 4.74 Å². The minimum Gasteiger partial charge on any atom is -0.449 e. The zero-order valence-electron chi connectivity index (χ0n) is 14.7. The fourth-order valence-electron chi connectivity index (χ4n) is 2.52. The third-order valence-electron chi connectivity index (χ3n) is 3.90. The van der Waals surface area contributed by atoms with Crippen LogP contribution < -0.4 is 5.32 Å². The van der Waals surface area contributed by atoms with Crippen molar-refractivity contribution >= 4 is 27.8 Å². The number of rotatable bonds is 7. The molecule has 0 radical (unpaired) electrons. The van der Waals surface area contributed by atoms with E-state index in [9.17, 15) is 14.0 Å². The SMILES string of the molecule is CCCC(NC(=O)C(C)OC(=O)c1ccc(Br)cc1F)c1ccccc1. The molecule has 0 saturated carbocycles. The molecule has 0 saturated heterocycles. The number of amides is 1. The van der Waals surface area contributed by atoms with Gasteiger partial charge in [-0.25, -0.2) is 9.18 Å². The highest BCUT2D eigenvalue weighted by Gasteiger charge is 2.23. The third-order valence-corrected chi connectivity index (χ3v) is 4.39. The minimum atomic E-state index is -1.03. The van der Waals surface area contributed by atoms with E-state index in [-0.39, 0.29) is 11.6 Å². The van der Waals surface area contributed by atoms with Crippen LogP contribution in [-0.2, 0) is 9.53 Å². The van der Waals surface area contributed by atoms with Gasteiger partial charge in [-0.3, -0.25) is 4.79 Å². The van der Waals surface area contributed by atoms with Crippen molar-refractivity contribution in [1.29, 1.82) is 0 Å². The lowest BCUT2D eigenvalue weighted by Crippen LogP contribution is -2.38. The zero-order valence-corrected chi connectivity index (χ0v) is 16.3. The molecule has 2 aromatic carbocycles. The average molecular weight is 422 g/mol. The average Bonchev–Trinajstić information content (AvgIpc) is 2.61. The van der Waals surface area contributed by atoms with E-state index in [1.807, 2.05) is 37.3 Å². The summed E-state index contributed by atoms with van der Waals surface area (Å²) >= 11 is 3.13. The van der Waals surface area contributed by atoms with Crippen LogP contribution in [0, 0.1) is 5.82 Å². The van der Waals surface area contributed by atoms with Gasteiger partial charge >= 0.3 is 5.97 Å². The molecular weight excluding hydrogens is 401 g/mol. The second-order valence-corrected chi connectivity index (χ2v) is 6.85. The van der Waals surface area contributed by atoms with Crippen LogP contribution in [0.2, 0.25) is 0 Å². The Labute approximate surface area is 160 Å². The van der Waals surface area contributed by atoms with Crippen LogP contribution in [-0.4, -0.2) is 18.0 Å². The van der Waals surface area contributed by atoms with Gasteiger partial charge < -0.3 is 10.1 Å². The second kappa shape index (κ2) is 9.48. The number of benzene rings is 2. The number of hydrogen-bond acceptors (Lipinski definition) is 3. The van der Waals surface area contributed by atoms with E-state index >= 15 is 0 Å². The largest absolute Gasteiger partial charge is 0.449 e. The predicted octanol–water partition coefficient (Wildman–Crippen LogP) is 4.79. The van der Waals surface area contributed by atoms with Crippen LogP contribution in [0.25, 0.3) is 0 Å². The molecule has 0 heterocycles. The van der Waals surface area contributed by atoms with E-state index in [1.54, 1.807) is 0 Å². The van der Waals surface area contributed by atoms with E-state index < -0.39 is 23.8 Å². The quantitative estimate of drug-likeness (QED) is 0.653. The first-order chi connectivity index (χ1) is 12.4. The van der Waals surface area contributed by atoms with Gasteiger partial charge in [-0.1, -0.05) is 59.6 Å². The number of ether oxygens (including phenoxy) is 1. The van der Waals surface area contributed by atoms with Crippen molar-refractivity contribution in [3.8, 4) is 0 Å². The normalized spacial score (nSPS) is 12.9. The summed E-state index contributed by atoms with van der Waals surface area (Å²) in [5.74, 6) is -1.99. The van der Waals surface area contributed by atoms with Gasteiger partial charge in [0.25, 0.3) is 5.91 Å². The summed E-state index contributed by atoms with van der Waals surface area (Å²) < 4.78 is 19.5. The molecule has 2 atom stereocenters. The molecule has 0 aromatic heterocycles. The fourth-order valence-corrected chi connectivity index (χ4v) is 2.85. The number of carbonyl (C=O) groups is 2. The maximum absolute atomic E-state index is 13.9. The Morgan fingerprint density at radius 2 is 1.88 bits per heavy atom. The second-order valence-electron chi connectivity index (χ2n) is 5.93. The monoisotopic (exact) mass is 421 g/mol. The van der Waals surface area contributed by atoms with Gasteiger partial charge in [-0.15, -0.1) is 0 Å². The molecule has 0 bridgehead atoms. The van der Waals surface area contributed by atoms with Crippen molar-refractivity contribution in [1.82, 2.24) is 5.32 Å². The van der Waals surface area contributed by atoms with Crippen molar-refractivity contribution in [2.75, 3.05) is 0 Å². The summed E-state index contributed by atoms with van der Waals surface area (Å²) in [5, 5.41) is 2.90. The smallest absolute Gasteiger partial charge is 0.341 e. The van der Waals surface area contributed by atoms with Gasteiger partial charge in [0.05, 0.1) is 11.6 Å². The Balaban J connectivity index is 2.02. The number of esters is 1. The molecular formula is C20H21BrFNO3. The molecule has 2 aromatic rings. The molecule has 0 spiro atoms. The van der Waals surface area contributed by atoms with Crippen LogP contribution >= 0.6 is 15.9 Å². The summed E-state index contributed by atoms with van der Waals surface area (Å²) in [6.45, 7) is 3.50. The highest BCUT2D eigenvalue weighted by Crippen LogP contribution is 2.19. The molecule has 4 nitrogen and oxygen atoms in total. The molecule has 2 rings (SSSR count). The lowest BCUT2D eigenvalue weighted by Gasteiger charge is -2.21. The molecule has 1 amide bonds. The van der Waals surface area contributed by atoms with Gasteiger partial charge in [-0.05, 0) is 37.1 Å². The van der Waals surface area contributed by atoms with Crippen LogP contribution in [0.3, 0.4) is 0 Å². The molecule has 0 aliphatic carbocycles. The predicted molar refractivity (Wildman–Crippen MR) is 101 cm³/mol. The van der Waals surface area contributed by atoms with Gasteiger partial charge in [0.1, 0.15) is 5.82 Å². The number of carbonyl (C=O) groups excluding carboxylic acids is 2. The van der Waals surface area contributed by atoms with Crippen molar-refractivity contribution in [2.45, 2.75) is 38.8 Å². The molecule has 6 heteroatoms. The van der Waals surface area contributed by atoms with Crippen molar-refractivity contribution in [2.24, 2.45) is 0 Å². The van der Waals surface area contributed by atoms with Crippen molar-refractivity contribution in [3.05, 3.63) is 69.9 Å². The van der Waals surface area contributed by atoms with Gasteiger partial charge in [0.15, 0.2) is 6.10 Å². The highest BCUT2D eigenvalue weighted by molar-refractivity contribution is 9.10. The Hall–Kier alpha value is -2.21. The van der Waals surface area contributed by atoms with Crippen LogP contribution in [0.15, 0.2) is 53.0 Å². The molecule has 0 aliphatic heterocycles. The Morgan fingerprint density at radius 3 is 2.50 bits per heavy atom. The van der Waals surface area contributed by atoms with Crippen LogP contribution in [0.5, 0.6) is 0 Å². The highest BCUT2D eigenvalue weighted by atomic mass is 79.9. The molecule has 138 valence electrons. The van der Waals surface area contributed by atoms with E-state index in [0.29, 0.717) is 4.47 Å². The summed E-state index contributed by atoms with van der Waals surface area (Å²) in [7, 11) is 0. The van der Waals surface area contributed by atoms with Crippen molar-refractivity contribution in [3.63, 3.8) is 0 Å². The van der Waals surface area contributed by atoms with E-state index in [2.05, 4.69) is 21.2 Å². The van der Waals surface area contributed by atoms with E-state index in [1.165, 1.54) is 25.1 Å². The fraction of sp³-hybridized carbons (Fsp3) is 0.300. The maximum atomic E-state index is 13.9. The lowest BCUT2D eigenvalue weighted by atomic mass is 10.0. The van der Waals surface area contributed by atoms with Gasteiger partial charge in [0.2, 0.25) is 0 Å². The minimum absolute atomic E-state index is 0.167. The third kappa shape index (κ3) is 5.39. The molecule has 0 fully saturated rings. The van der Waals surface area contributed by atoms with Crippen molar-refractivity contribution < 1.29 is 18.7 Å². The Kier molecular flexibility index (Phi) is 7.33. The number of hydrogen-bond donors (Lipinski definition) is 1. The first kappa shape index (κ1) is 20.1. The summed E-state index contributed by atoms with van der Waals surface area (Å²) in [5.41, 5.74) is 0.779. The van der Waals surface area contributed by atoms with Crippen LogP contribution in [0.4, 0.5) is 4.39 Å². The summed E-state index contributed by atoms with van der Waals surface area (Å²) in [6.07, 6.45) is 0.615. The number of nitrogens with one attached hydrogen (secondary N) is 1. The standard InChI is InChI=1S/C20H21BrFNO3/c1-3-7-18(14-8-5-4-6-9-14)23-19(24)13(2)26-20(25)16-11-10-15(21)12-17(16)22/h4-6,8-13,18H,3,7H2,1-2H3,(H,23,24). The molecule has 2 unspecified atom stereocenters. The van der Waals surface area contributed by atoms with Crippen LogP contribution in [0.1, 0.15) is 48.7 Å². The maximum Gasteiger partial charge on any atom is 0.341 e. The Morgan fingerprint density at radius 1 is 1.19 bits per heavy atom. The topological polar surface area (TPSA) is 55.4 Å².